The van der Waals surface area contributed by atoms with Crippen LogP contribution < -0.4 is 10.2 Å². The van der Waals surface area contributed by atoms with Gasteiger partial charge in [-0.15, -0.1) is 11.3 Å². The molecule has 1 amide bonds. The molecule has 0 radical (unpaired) electrons. The van der Waals surface area contributed by atoms with Crippen LogP contribution in [0.15, 0.2) is 24.1 Å². The standard InChI is InChI=1S/C14H17N5O2S/c1-10-12(22-9-18-10)13(20)17-7-14(21)2-5-19(8-14)11-6-15-3-4-16-11/h3-4,6,9,21H,2,5,7-8H2,1H3,(H,17,20)/t14-/m0/s1. The van der Waals surface area contributed by atoms with E-state index in [0.29, 0.717) is 30.1 Å². The normalized spacial score (nSPS) is 21.1. The molecule has 1 aliphatic heterocycles. The SMILES string of the molecule is Cc1ncsc1C(=O)NC[C@@]1(O)CCN(c2cnccn2)C1. The second-order valence-corrected chi connectivity index (χ2v) is 6.26. The first-order chi connectivity index (χ1) is 10.6. The Bertz CT molecular complexity index is 662. The second-order valence-electron chi connectivity index (χ2n) is 5.41. The number of anilines is 1. The van der Waals surface area contributed by atoms with E-state index in [0.717, 1.165) is 5.82 Å². The van der Waals surface area contributed by atoms with E-state index in [1.54, 1.807) is 31.0 Å². The van der Waals surface area contributed by atoms with Crippen LogP contribution in [0.2, 0.25) is 0 Å². The van der Waals surface area contributed by atoms with Crippen molar-refractivity contribution in [2.75, 3.05) is 24.5 Å². The number of carbonyl (C=O) groups is 1. The third kappa shape index (κ3) is 3.07. The van der Waals surface area contributed by atoms with Crippen molar-refractivity contribution in [2.24, 2.45) is 0 Å². The molecule has 2 aromatic rings. The fraction of sp³-hybridized carbons (Fsp3) is 0.429. The Morgan fingerprint density at radius 1 is 1.50 bits per heavy atom. The van der Waals surface area contributed by atoms with E-state index in [4.69, 9.17) is 0 Å². The zero-order valence-corrected chi connectivity index (χ0v) is 13.0. The maximum Gasteiger partial charge on any atom is 0.263 e. The van der Waals surface area contributed by atoms with Gasteiger partial charge in [-0.1, -0.05) is 0 Å². The van der Waals surface area contributed by atoms with Gasteiger partial charge in [0.05, 0.1) is 17.4 Å². The van der Waals surface area contributed by atoms with Gasteiger partial charge in [-0.2, -0.15) is 0 Å². The lowest BCUT2D eigenvalue weighted by atomic mass is 10.0. The third-order valence-corrected chi connectivity index (χ3v) is 4.66. The first kappa shape index (κ1) is 14.9. The minimum Gasteiger partial charge on any atom is -0.386 e. The van der Waals surface area contributed by atoms with Crippen LogP contribution in [0, 0.1) is 6.92 Å². The molecule has 7 nitrogen and oxygen atoms in total. The van der Waals surface area contributed by atoms with Gasteiger partial charge in [-0.25, -0.2) is 9.97 Å². The molecular formula is C14H17N5O2S. The Morgan fingerprint density at radius 3 is 3.05 bits per heavy atom. The Morgan fingerprint density at radius 2 is 2.36 bits per heavy atom. The highest BCUT2D eigenvalue weighted by atomic mass is 32.1. The predicted octanol–water partition coefficient (Wildman–Crippen LogP) is 0.613. The highest BCUT2D eigenvalue weighted by Crippen LogP contribution is 2.24. The van der Waals surface area contributed by atoms with Crippen molar-refractivity contribution < 1.29 is 9.90 Å². The molecule has 22 heavy (non-hydrogen) atoms. The summed E-state index contributed by atoms with van der Waals surface area (Å²) in [7, 11) is 0. The highest BCUT2D eigenvalue weighted by molar-refractivity contribution is 7.11. The van der Waals surface area contributed by atoms with Crippen molar-refractivity contribution in [1.82, 2.24) is 20.3 Å². The van der Waals surface area contributed by atoms with E-state index in [1.807, 2.05) is 4.90 Å². The van der Waals surface area contributed by atoms with Crippen molar-refractivity contribution >= 4 is 23.1 Å². The number of amides is 1. The maximum atomic E-state index is 12.1. The van der Waals surface area contributed by atoms with Crippen LogP contribution >= 0.6 is 11.3 Å². The summed E-state index contributed by atoms with van der Waals surface area (Å²) in [6.07, 6.45) is 5.49. The highest BCUT2D eigenvalue weighted by Gasteiger charge is 2.37. The number of β-amino-alcohol motifs (C(OH)–C–C–N with tert-alkyl or cyclic N) is 1. The number of aryl methyl sites for hydroxylation is 1. The van der Waals surface area contributed by atoms with Crippen LogP contribution in [0.3, 0.4) is 0 Å². The average Bonchev–Trinajstić information content (AvgIpc) is 3.13. The molecule has 0 aliphatic carbocycles. The number of hydrogen-bond donors (Lipinski definition) is 2. The summed E-state index contributed by atoms with van der Waals surface area (Å²) in [6, 6.07) is 0. The lowest BCUT2D eigenvalue weighted by Gasteiger charge is -2.24. The van der Waals surface area contributed by atoms with Crippen LogP contribution in [0.4, 0.5) is 5.82 Å². The Kier molecular flexibility index (Phi) is 4.04. The molecule has 1 aliphatic rings. The summed E-state index contributed by atoms with van der Waals surface area (Å²) in [6.45, 7) is 3.11. The number of rotatable bonds is 4. The Hall–Kier alpha value is -2.06. The van der Waals surface area contributed by atoms with E-state index < -0.39 is 5.60 Å². The van der Waals surface area contributed by atoms with Crippen molar-refractivity contribution in [3.05, 3.63) is 34.7 Å². The van der Waals surface area contributed by atoms with Crippen molar-refractivity contribution in [2.45, 2.75) is 18.9 Å². The van der Waals surface area contributed by atoms with Crippen LogP contribution in [0.5, 0.6) is 0 Å². The molecule has 1 saturated heterocycles. The molecule has 0 spiro atoms. The van der Waals surface area contributed by atoms with E-state index >= 15 is 0 Å². The molecule has 3 heterocycles. The maximum absolute atomic E-state index is 12.1. The van der Waals surface area contributed by atoms with Gasteiger partial charge in [0.2, 0.25) is 0 Å². The summed E-state index contributed by atoms with van der Waals surface area (Å²) >= 11 is 1.30. The molecule has 1 atom stereocenters. The van der Waals surface area contributed by atoms with E-state index in [1.165, 1.54) is 11.3 Å². The van der Waals surface area contributed by atoms with Crippen molar-refractivity contribution in [1.29, 1.82) is 0 Å². The monoisotopic (exact) mass is 319 g/mol. The lowest BCUT2D eigenvalue weighted by molar-refractivity contribution is 0.0576. The molecule has 2 aromatic heterocycles. The van der Waals surface area contributed by atoms with E-state index in [9.17, 15) is 9.90 Å². The van der Waals surface area contributed by atoms with Crippen LogP contribution in [-0.2, 0) is 0 Å². The molecular weight excluding hydrogens is 302 g/mol. The molecule has 1 fully saturated rings. The van der Waals surface area contributed by atoms with Gasteiger partial charge in [0.1, 0.15) is 16.3 Å². The number of aromatic nitrogens is 3. The molecule has 3 rings (SSSR count). The average molecular weight is 319 g/mol. The van der Waals surface area contributed by atoms with Gasteiger partial charge >= 0.3 is 0 Å². The molecule has 0 unspecified atom stereocenters. The summed E-state index contributed by atoms with van der Waals surface area (Å²) < 4.78 is 0. The fourth-order valence-electron chi connectivity index (χ4n) is 2.50. The van der Waals surface area contributed by atoms with Gasteiger partial charge < -0.3 is 15.3 Å². The van der Waals surface area contributed by atoms with Gasteiger partial charge in [0.15, 0.2) is 0 Å². The molecule has 0 bridgehead atoms. The fourth-order valence-corrected chi connectivity index (χ4v) is 3.21. The number of nitrogens with one attached hydrogen (secondary N) is 1. The number of carbonyl (C=O) groups excluding carboxylic acids is 1. The van der Waals surface area contributed by atoms with Crippen LogP contribution in [0.25, 0.3) is 0 Å². The Balaban J connectivity index is 1.59. The molecule has 0 aromatic carbocycles. The predicted molar refractivity (Wildman–Crippen MR) is 83.0 cm³/mol. The number of thiazole rings is 1. The van der Waals surface area contributed by atoms with Crippen LogP contribution in [0.1, 0.15) is 21.8 Å². The molecule has 116 valence electrons. The number of aliphatic hydroxyl groups is 1. The summed E-state index contributed by atoms with van der Waals surface area (Å²) in [5, 5.41) is 13.4. The van der Waals surface area contributed by atoms with Crippen molar-refractivity contribution in [3.63, 3.8) is 0 Å². The third-order valence-electron chi connectivity index (χ3n) is 3.74. The smallest absolute Gasteiger partial charge is 0.263 e. The second kappa shape index (κ2) is 5.98. The quantitative estimate of drug-likeness (QED) is 0.858. The summed E-state index contributed by atoms with van der Waals surface area (Å²) in [5.41, 5.74) is 1.40. The molecule has 8 heteroatoms. The van der Waals surface area contributed by atoms with Gasteiger partial charge in [-0.05, 0) is 13.3 Å². The molecule has 0 saturated carbocycles. The van der Waals surface area contributed by atoms with Gasteiger partial charge in [0, 0.05) is 32.0 Å². The first-order valence-corrected chi connectivity index (χ1v) is 7.87. The zero-order valence-electron chi connectivity index (χ0n) is 12.2. The van der Waals surface area contributed by atoms with Gasteiger partial charge in [-0.3, -0.25) is 9.78 Å². The van der Waals surface area contributed by atoms with E-state index in [2.05, 4.69) is 20.3 Å². The van der Waals surface area contributed by atoms with E-state index in [-0.39, 0.29) is 12.5 Å². The summed E-state index contributed by atoms with van der Waals surface area (Å²) in [5.74, 6) is 0.550. The minimum atomic E-state index is -0.953. The molecule has 2 N–H and O–H groups in total. The van der Waals surface area contributed by atoms with Gasteiger partial charge in [0.25, 0.3) is 5.91 Å². The Labute approximate surface area is 132 Å². The number of nitrogens with zero attached hydrogens (tertiary/aromatic N) is 4. The topological polar surface area (TPSA) is 91.2 Å². The lowest BCUT2D eigenvalue weighted by Crippen LogP contribution is -2.45. The minimum absolute atomic E-state index is 0.189. The van der Waals surface area contributed by atoms with Crippen molar-refractivity contribution in [3.8, 4) is 0 Å². The zero-order chi connectivity index (χ0) is 15.6. The largest absolute Gasteiger partial charge is 0.386 e. The number of hydrogen-bond acceptors (Lipinski definition) is 7. The van der Waals surface area contributed by atoms with Crippen LogP contribution in [-0.4, -0.2) is 51.2 Å². The summed E-state index contributed by atoms with van der Waals surface area (Å²) in [4.78, 5) is 27.0. The first-order valence-electron chi connectivity index (χ1n) is 6.99.